The minimum absolute atomic E-state index is 0.351. The van der Waals surface area contributed by atoms with Gasteiger partial charge in [-0.3, -0.25) is 0 Å². The fraction of sp³-hybridized carbons (Fsp3) is 0.556. The van der Waals surface area contributed by atoms with E-state index in [1.165, 1.54) is 0 Å². The van der Waals surface area contributed by atoms with Crippen molar-refractivity contribution >= 4 is 0 Å². The molecule has 0 amide bonds. The molecule has 0 unspecified atom stereocenters. The van der Waals surface area contributed by atoms with Crippen LogP contribution in [0, 0.1) is 0 Å². The van der Waals surface area contributed by atoms with E-state index in [-0.39, 0.29) is 6.42 Å². The minimum Gasteiger partial charge on any atom is -0.464 e. The Morgan fingerprint density at radius 3 is 2.62 bits per heavy atom. The van der Waals surface area contributed by atoms with Crippen LogP contribution in [0.25, 0.3) is 0 Å². The molecule has 0 aromatic carbocycles. The topological polar surface area (TPSA) is 39.2 Å². The Hall–Kier alpha value is -0.900. The van der Waals surface area contributed by atoms with Gasteiger partial charge < -0.3 is 10.2 Å². The van der Waals surface area contributed by atoms with Crippen LogP contribution in [-0.2, 0) is 6.42 Å². The Kier molecular flexibility index (Phi) is 3.42. The van der Waals surface area contributed by atoms with Crippen molar-refractivity contribution in [2.45, 2.75) is 32.2 Å². The van der Waals surface area contributed by atoms with E-state index in [0.717, 1.165) is 12.2 Å². The molecular weight excluding hydrogens is 176 g/mol. The van der Waals surface area contributed by atoms with Gasteiger partial charge in [-0.1, -0.05) is 6.92 Å². The molecule has 4 heteroatoms. The summed E-state index contributed by atoms with van der Waals surface area (Å²) in [7, 11) is 0. The Bertz CT molecular complexity index is 260. The molecule has 0 aliphatic rings. The van der Waals surface area contributed by atoms with Gasteiger partial charge >= 0.3 is 0 Å². The van der Waals surface area contributed by atoms with Crippen LogP contribution in [0.3, 0.4) is 0 Å². The van der Waals surface area contributed by atoms with Crippen LogP contribution < -0.4 is 5.73 Å². The Morgan fingerprint density at radius 1 is 1.46 bits per heavy atom. The van der Waals surface area contributed by atoms with Crippen LogP contribution in [0.4, 0.5) is 8.78 Å². The number of aryl methyl sites for hydroxylation is 1. The standard InChI is InChI=1S/C9H13F2NO/c1-2-6-3-4-8(13-6)7(12)5-9(10)11/h3-4,7,9H,2,5,12H2,1H3/t7-/m1/s1. The zero-order valence-electron chi connectivity index (χ0n) is 7.47. The van der Waals surface area contributed by atoms with E-state index in [9.17, 15) is 8.78 Å². The minimum atomic E-state index is -2.38. The van der Waals surface area contributed by atoms with Gasteiger partial charge in [-0.05, 0) is 12.1 Å². The molecule has 2 N–H and O–H groups in total. The highest BCUT2D eigenvalue weighted by molar-refractivity contribution is 5.10. The number of alkyl halides is 2. The van der Waals surface area contributed by atoms with E-state index in [2.05, 4.69) is 0 Å². The number of rotatable bonds is 4. The van der Waals surface area contributed by atoms with Crippen LogP contribution in [0.1, 0.15) is 30.9 Å². The van der Waals surface area contributed by atoms with E-state index in [1.54, 1.807) is 12.1 Å². The van der Waals surface area contributed by atoms with Crippen LogP contribution in [0.15, 0.2) is 16.5 Å². The quantitative estimate of drug-likeness (QED) is 0.790. The summed E-state index contributed by atoms with van der Waals surface area (Å²) in [4.78, 5) is 0. The highest BCUT2D eigenvalue weighted by Crippen LogP contribution is 2.20. The van der Waals surface area contributed by atoms with Gasteiger partial charge in [0.15, 0.2) is 0 Å². The van der Waals surface area contributed by atoms with Crippen molar-refractivity contribution in [3.8, 4) is 0 Å². The summed E-state index contributed by atoms with van der Waals surface area (Å²) < 4.78 is 29.1. The van der Waals surface area contributed by atoms with Gasteiger partial charge in [-0.15, -0.1) is 0 Å². The molecule has 13 heavy (non-hydrogen) atoms. The van der Waals surface area contributed by atoms with Crippen molar-refractivity contribution in [3.05, 3.63) is 23.7 Å². The fourth-order valence-corrected chi connectivity index (χ4v) is 1.09. The van der Waals surface area contributed by atoms with E-state index in [1.807, 2.05) is 6.92 Å². The Balaban J connectivity index is 2.60. The summed E-state index contributed by atoms with van der Waals surface area (Å²) in [6, 6.07) is 2.73. The number of hydrogen-bond donors (Lipinski definition) is 1. The lowest BCUT2D eigenvalue weighted by atomic mass is 10.2. The van der Waals surface area contributed by atoms with Gasteiger partial charge in [-0.25, -0.2) is 8.78 Å². The summed E-state index contributed by atoms with van der Waals surface area (Å²) in [5.41, 5.74) is 5.49. The van der Waals surface area contributed by atoms with Gasteiger partial charge in [0.05, 0.1) is 6.04 Å². The first-order valence-electron chi connectivity index (χ1n) is 4.25. The first-order chi connectivity index (χ1) is 6.13. The fourth-order valence-electron chi connectivity index (χ4n) is 1.09. The summed E-state index contributed by atoms with van der Waals surface area (Å²) in [5, 5.41) is 0. The van der Waals surface area contributed by atoms with Gasteiger partial charge in [-0.2, -0.15) is 0 Å². The Labute approximate surface area is 75.7 Å². The van der Waals surface area contributed by atoms with E-state index in [0.29, 0.717) is 5.76 Å². The van der Waals surface area contributed by atoms with Crippen molar-refractivity contribution in [2.24, 2.45) is 5.73 Å². The number of hydrogen-bond acceptors (Lipinski definition) is 2. The van der Waals surface area contributed by atoms with Gasteiger partial charge in [0.25, 0.3) is 0 Å². The number of nitrogens with two attached hydrogens (primary N) is 1. The third-order valence-corrected chi connectivity index (χ3v) is 1.83. The van der Waals surface area contributed by atoms with Crippen LogP contribution in [0.5, 0.6) is 0 Å². The van der Waals surface area contributed by atoms with Crippen molar-refractivity contribution in [3.63, 3.8) is 0 Å². The molecule has 0 aliphatic heterocycles. The molecule has 0 saturated carbocycles. The summed E-state index contributed by atoms with van der Waals surface area (Å²) >= 11 is 0. The van der Waals surface area contributed by atoms with Gasteiger partial charge in [0, 0.05) is 12.8 Å². The van der Waals surface area contributed by atoms with Gasteiger partial charge in [0.2, 0.25) is 6.43 Å². The van der Waals surface area contributed by atoms with Crippen molar-refractivity contribution in [1.29, 1.82) is 0 Å². The molecule has 0 fully saturated rings. The molecule has 2 nitrogen and oxygen atoms in total. The van der Waals surface area contributed by atoms with Gasteiger partial charge in [0.1, 0.15) is 11.5 Å². The second-order valence-electron chi connectivity index (χ2n) is 2.89. The SMILES string of the molecule is CCc1ccc([C@H](N)CC(F)F)o1. The maximum absolute atomic E-state index is 11.9. The lowest BCUT2D eigenvalue weighted by Crippen LogP contribution is -2.12. The molecule has 74 valence electrons. The highest BCUT2D eigenvalue weighted by atomic mass is 19.3. The lowest BCUT2D eigenvalue weighted by molar-refractivity contribution is 0.124. The predicted molar refractivity (Wildman–Crippen MR) is 45.6 cm³/mol. The van der Waals surface area contributed by atoms with Crippen LogP contribution in [-0.4, -0.2) is 6.43 Å². The summed E-state index contributed by atoms with van der Waals surface area (Å²) in [6.45, 7) is 1.93. The summed E-state index contributed by atoms with van der Waals surface area (Å²) in [5.74, 6) is 1.22. The van der Waals surface area contributed by atoms with Crippen molar-refractivity contribution < 1.29 is 13.2 Å². The maximum Gasteiger partial charge on any atom is 0.240 e. The average molecular weight is 189 g/mol. The molecule has 0 saturated heterocycles. The zero-order chi connectivity index (χ0) is 9.84. The van der Waals surface area contributed by atoms with E-state index in [4.69, 9.17) is 10.2 Å². The monoisotopic (exact) mass is 189 g/mol. The lowest BCUT2D eigenvalue weighted by Gasteiger charge is -2.06. The molecule has 1 rings (SSSR count). The van der Waals surface area contributed by atoms with Crippen LogP contribution >= 0.6 is 0 Å². The van der Waals surface area contributed by atoms with Crippen molar-refractivity contribution in [1.82, 2.24) is 0 Å². The zero-order valence-corrected chi connectivity index (χ0v) is 7.47. The molecule has 0 bridgehead atoms. The first-order valence-corrected chi connectivity index (χ1v) is 4.25. The molecule has 0 spiro atoms. The normalized spacial score (nSPS) is 13.6. The third-order valence-electron chi connectivity index (χ3n) is 1.83. The average Bonchev–Trinajstić information content (AvgIpc) is 2.50. The molecule has 0 radical (unpaired) electrons. The first kappa shape index (κ1) is 10.2. The number of furan rings is 1. The molecule has 1 aromatic heterocycles. The molecular formula is C9H13F2NO. The number of halogens is 2. The molecule has 0 aliphatic carbocycles. The highest BCUT2D eigenvalue weighted by Gasteiger charge is 2.15. The Morgan fingerprint density at radius 2 is 2.15 bits per heavy atom. The largest absolute Gasteiger partial charge is 0.464 e. The molecule has 1 heterocycles. The molecule has 1 atom stereocenters. The maximum atomic E-state index is 11.9. The second-order valence-corrected chi connectivity index (χ2v) is 2.89. The van der Waals surface area contributed by atoms with Crippen LogP contribution in [0.2, 0.25) is 0 Å². The predicted octanol–water partition coefficient (Wildman–Crippen LogP) is 2.50. The third kappa shape index (κ3) is 2.81. The van der Waals surface area contributed by atoms with E-state index < -0.39 is 12.5 Å². The summed E-state index contributed by atoms with van der Waals surface area (Å²) in [6.07, 6.45) is -1.98. The smallest absolute Gasteiger partial charge is 0.240 e. The van der Waals surface area contributed by atoms with E-state index >= 15 is 0 Å². The second kappa shape index (κ2) is 4.37. The molecule has 1 aromatic rings. The van der Waals surface area contributed by atoms with Crippen molar-refractivity contribution in [2.75, 3.05) is 0 Å².